The molecule has 2 unspecified atom stereocenters. The summed E-state index contributed by atoms with van der Waals surface area (Å²) in [5.74, 6) is 5.89. The summed E-state index contributed by atoms with van der Waals surface area (Å²) in [5.41, 5.74) is 0.0475. The van der Waals surface area contributed by atoms with E-state index in [2.05, 4.69) is 32.9 Å². The van der Waals surface area contributed by atoms with Crippen LogP contribution >= 0.6 is 0 Å². The molecule has 0 saturated heterocycles. The van der Waals surface area contributed by atoms with E-state index in [0.717, 1.165) is 35.5 Å². The highest BCUT2D eigenvalue weighted by molar-refractivity contribution is 5.27. The van der Waals surface area contributed by atoms with E-state index in [0.29, 0.717) is 6.10 Å². The summed E-state index contributed by atoms with van der Waals surface area (Å²) in [6, 6.07) is 0. The van der Waals surface area contributed by atoms with E-state index in [1.54, 1.807) is 0 Å². The van der Waals surface area contributed by atoms with Gasteiger partial charge in [0, 0.05) is 0 Å². The van der Waals surface area contributed by atoms with Gasteiger partial charge < -0.3 is 4.74 Å². The van der Waals surface area contributed by atoms with Gasteiger partial charge in [-0.25, -0.2) is 0 Å². The highest BCUT2D eigenvalue weighted by Crippen LogP contribution is 2.78. The molecule has 5 aliphatic carbocycles. The zero-order valence-corrected chi connectivity index (χ0v) is 10.5. The van der Waals surface area contributed by atoms with Crippen molar-refractivity contribution in [2.24, 2.45) is 35.5 Å². The minimum Gasteiger partial charge on any atom is -0.372 e. The van der Waals surface area contributed by atoms with E-state index in [-0.39, 0.29) is 5.60 Å². The highest BCUT2D eigenvalue weighted by Gasteiger charge is 2.77. The zero-order chi connectivity index (χ0) is 11.1. The zero-order valence-electron chi connectivity index (χ0n) is 10.5. The maximum atomic E-state index is 6.37. The molecule has 5 aliphatic rings. The fourth-order valence-electron chi connectivity index (χ4n) is 5.24. The maximum absolute atomic E-state index is 6.37. The average Bonchev–Trinajstić information content (AvgIpc) is 2.62. The van der Waals surface area contributed by atoms with E-state index in [9.17, 15) is 0 Å². The molecule has 0 heterocycles. The first-order chi connectivity index (χ1) is 7.58. The van der Waals surface area contributed by atoms with Crippen molar-refractivity contribution < 1.29 is 4.74 Å². The molecule has 5 rings (SSSR count). The second kappa shape index (κ2) is 2.75. The van der Waals surface area contributed by atoms with Crippen molar-refractivity contribution in [1.82, 2.24) is 0 Å². The molecule has 16 heavy (non-hydrogen) atoms. The molecule has 0 aliphatic heterocycles. The fourth-order valence-corrected chi connectivity index (χ4v) is 5.24. The van der Waals surface area contributed by atoms with Gasteiger partial charge in [0.2, 0.25) is 0 Å². The molecule has 88 valence electrons. The van der Waals surface area contributed by atoms with Crippen molar-refractivity contribution in [3.05, 3.63) is 12.2 Å². The smallest absolute Gasteiger partial charge is 0.0649 e. The summed E-state index contributed by atoms with van der Waals surface area (Å²) >= 11 is 0. The third-order valence-corrected chi connectivity index (χ3v) is 5.40. The molecular weight excluding hydrogens is 196 g/mol. The lowest BCUT2D eigenvalue weighted by Gasteiger charge is -2.30. The van der Waals surface area contributed by atoms with Crippen LogP contribution in [-0.4, -0.2) is 11.7 Å². The van der Waals surface area contributed by atoms with Gasteiger partial charge in [-0.15, -0.1) is 0 Å². The predicted molar refractivity (Wildman–Crippen MR) is 63.9 cm³/mol. The van der Waals surface area contributed by atoms with Crippen LogP contribution in [0.15, 0.2) is 12.2 Å². The van der Waals surface area contributed by atoms with Crippen molar-refractivity contribution in [3.8, 4) is 0 Å². The molecule has 0 aromatic carbocycles. The van der Waals surface area contributed by atoms with Crippen LogP contribution in [0.2, 0.25) is 0 Å². The monoisotopic (exact) mass is 218 g/mol. The van der Waals surface area contributed by atoms with Gasteiger partial charge in [0.15, 0.2) is 0 Å². The van der Waals surface area contributed by atoms with Crippen LogP contribution in [0.1, 0.15) is 33.6 Å². The van der Waals surface area contributed by atoms with E-state index < -0.39 is 0 Å². The highest BCUT2D eigenvalue weighted by atomic mass is 16.5. The van der Waals surface area contributed by atoms with Gasteiger partial charge in [0.25, 0.3) is 0 Å². The lowest BCUT2D eigenvalue weighted by Crippen LogP contribution is -2.32. The topological polar surface area (TPSA) is 9.23 Å². The Morgan fingerprint density at radius 3 is 1.94 bits per heavy atom. The van der Waals surface area contributed by atoms with Crippen molar-refractivity contribution in [3.63, 3.8) is 0 Å². The summed E-state index contributed by atoms with van der Waals surface area (Å²) in [4.78, 5) is 0. The molecular formula is C15H22O. The van der Waals surface area contributed by atoms with Gasteiger partial charge in [-0.1, -0.05) is 12.2 Å². The molecule has 0 N–H and O–H groups in total. The van der Waals surface area contributed by atoms with E-state index in [1.807, 2.05) is 0 Å². The van der Waals surface area contributed by atoms with E-state index in [4.69, 9.17) is 4.74 Å². The lowest BCUT2D eigenvalue weighted by molar-refractivity contribution is -0.0829. The first-order valence-corrected chi connectivity index (χ1v) is 6.91. The molecule has 6 bridgehead atoms. The Bertz CT molecular complexity index is 329. The van der Waals surface area contributed by atoms with Crippen molar-refractivity contribution in [1.29, 1.82) is 0 Å². The summed E-state index contributed by atoms with van der Waals surface area (Å²) in [6.07, 6.45) is 8.14. The van der Waals surface area contributed by atoms with Gasteiger partial charge in [-0.3, -0.25) is 0 Å². The van der Waals surface area contributed by atoms with Crippen LogP contribution < -0.4 is 0 Å². The Balaban J connectivity index is 1.62. The number of hydrogen-bond donors (Lipinski definition) is 0. The molecule has 7 atom stereocenters. The molecule has 0 aromatic rings. The fraction of sp³-hybridized carbons (Fsp3) is 0.867. The normalized spacial score (nSPS) is 56.6. The van der Waals surface area contributed by atoms with E-state index >= 15 is 0 Å². The Kier molecular flexibility index (Phi) is 1.66. The molecule has 0 radical (unpaired) electrons. The Hall–Kier alpha value is -0.300. The van der Waals surface area contributed by atoms with Crippen molar-refractivity contribution in [2.45, 2.75) is 45.3 Å². The number of ether oxygens (including phenoxy) is 1. The van der Waals surface area contributed by atoms with Gasteiger partial charge in [0.1, 0.15) is 0 Å². The minimum atomic E-state index is 0.0475. The standard InChI is InChI=1S/C15H22O/c1-15(2,3)16-14-10-8-6-4-5-7-9(10)12-11(8)13(12)14/h4-5,8-14H,6-7H2,1-3H3/t8-,9+,10?,11+,12-,13?,14-/m1/s1. The number of allylic oxidation sites excluding steroid dienone is 2. The van der Waals surface area contributed by atoms with Crippen molar-refractivity contribution in [2.75, 3.05) is 0 Å². The van der Waals surface area contributed by atoms with Crippen molar-refractivity contribution >= 4 is 0 Å². The molecule has 0 spiro atoms. The van der Waals surface area contributed by atoms with Gasteiger partial charge in [0.05, 0.1) is 11.7 Å². The third-order valence-electron chi connectivity index (χ3n) is 5.40. The molecule has 0 aromatic heterocycles. The second-order valence-corrected chi connectivity index (χ2v) is 7.27. The lowest BCUT2D eigenvalue weighted by atomic mass is 9.88. The van der Waals surface area contributed by atoms with Crippen LogP contribution in [0.3, 0.4) is 0 Å². The maximum Gasteiger partial charge on any atom is 0.0649 e. The second-order valence-electron chi connectivity index (χ2n) is 7.27. The summed E-state index contributed by atoms with van der Waals surface area (Å²) < 4.78 is 6.37. The predicted octanol–water partition coefficient (Wildman–Crippen LogP) is 3.26. The van der Waals surface area contributed by atoms with Gasteiger partial charge in [-0.2, -0.15) is 0 Å². The first kappa shape index (κ1) is 9.70. The average molecular weight is 218 g/mol. The van der Waals surface area contributed by atoms with Gasteiger partial charge >= 0.3 is 0 Å². The third kappa shape index (κ3) is 1.06. The van der Waals surface area contributed by atoms with Crippen LogP contribution in [-0.2, 0) is 4.74 Å². The summed E-state index contributed by atoms with van der Waals surface area (Å²) in [6.45, 7) is 6.63. The molecule has 1 heteroatoms. The summed E-state index contributed by atoms with van der Waals surface area (Å²) in [5, 5.41) is 0. The van der Waals surface area contributed by atoms with Crippen LogP contribution in [0, 0.1) is 35.5 Å². The quantitative estimate of drug-likeness (QED) is 0.614. The molecule has 0 amide bonds. The Labute approximate surface area is 98.2 Å². The largest absolute Gasteiger partial charge is 0.372 e. The number of hydrogen-bond acceptors (Lipinski definition) is 1. The van der Waals surface area contributed by atoms with Crippen LogP contribution in [0.5, 0.6) is 0 Å². The molecule has 4 fully saturated rings. The Morgan fingerprint density at radius 1 is 0.875 bits per heavy atom. The van der Waals surface area contributed by atoms with Crippen LogP contribution in [0.25, 0.3) is 0 Å². The summed E-state index contributed by atoms with van der Waals surface area (Å²) in [7, 11) is 0. The first-order valence-electron chi connectivity index (χ1n) is 6.91. The Morgan fingerprint density at radius 2 is 1.44 bits per heavy atom. The molecule has 1 nitrogen and oxygen atoms in total. The van der Waals surface area contributed by atoms with E-state index in [1.165, 1.54) is 12.8 Å². The molecule has 4 saturated carbocycles. The van der Waals surface area contributed by atoms with Crippen LogP contribution in [0.4, 0.5) is 0 Å². The van der Waals surface area contributed by atoms with Gasteiger partial charge in [-0.05, 0) is 69.1 Å². The number of rotatable bonds is 1. The minimum absolute atomic E-state index is 0.0475. The SMILES string of the molecule is CC(C)(C)O[C@H]1C2[C@@H]3[C@H]2[C@H]2CC=CC[C@@H]3C12.